The van der Waals surface area contributed by atoms with Crippen molar-refractivity contribution in [2.24, 2.45) is 0 Å². The largest absolute Gasteiger partial charge is 0.365 e. The number of benzene rings is 2. The molecule has 24 heavy (non-hydrogen) atoms. The molecule has 6 heteroatoms. The van der Waals surface area contributed by atoms with E-state index in [0.29, 0.717) is 5.56 Å². The highest BCUT2D eigenvalue weighted by Crippen LogP contribution is 2.46. The molecule has 1 unspecified atom stereocenters. The van der Waals surface area contributed by atoms with Crippen molar-refractivity contribution in [3.05, 3.63) is 71.8 Å². The van der Waals surface area contributed by atoms with E-state index < -0.39 is 13.7 Å². The van der Waals surface area contributed by atoms with E-state index >= 15 is 0 Å². The van der Waals surface area contributed by atoms with Crippen molar-refractivity contribution < 1.29 is 23.1 Å². The Labute approximate surface area is 142 Å². The highest BCUT2D eigenvalue weighted by atomic mass is 31.2. The summed E-state index contributed by atoms with van der Waals surface area (Å²) in [5.41, 5.74) is 1.31. The van der Waals surface area contributed by atoms with Gasteiger partial charge in [0, 0.05) is 19.8 Å². The molecule has 0 amide bonds. The van der Waals surface area contributed by atoms with Crippen LogP contribution in [0.25, 0.3) is 0 Å². The number of carbonyl (C=O) groups is 1. The molecule has 5 nitrogen and oxygen atoms in total. The maximum Gasteiger partial charge on any atom is 0.332 e. The van der Waals surface area contributed by atoms with Crippen molar-refractivity contribution in [3.63, 3.8) is 0 Å². The van der Waals surface area contributed by atoms with E-state index in [-0.39, 0.29) is 18.6 Å². The molecule has 0 aromatic heterocycles. The summed E-state index contributed by atoms with van der Waals surface area (Å²) >= 11 is 0. The first-order chi connectivity index (χ1) is 11.6. The first-order valence-corrected chi connectivity index (χ1v) is 9.29. The highest BCUT2D eigenvalue weighted by molar-refractivity contribution is 7.53. The third-order valence-corrected chi connectivity index (χ3v) is 5.45. The molecule has 0 aliphatic carbocycles. The molecule has 0 bridgehead atoms. The van der Waals surface area contributed by atoms with Crippen molar-refractivity contribution in [3.8, 4) is 0 Å². The van der Waals surface area contributed by atoms with Crippen LogP contribution in [0.1, 0.15) is 22.0 Å². The monoisotopic (exact) mass is 348 g/mol. The topological polar surface area (TPSA) is 61.8 Å². The van der Waals surface area contributed by atoms with E-state index in [1.165, 1.54) is 14.2 Å². The average molecular weight is 348 g/mol. The van der Waals surface area contributed by atoms with Gasteiger partial charge in [-0.25, -0.2) is 0 Å². The summed E-state index contributed by atoms with van der Waals surface area (Å²) < 4.78 is 27.6. The molecule has 0 fully saturated rings. The highest BCUT2D eigenvalue weighted by Gasteiger charge is 2.26. The first kappa shape index (κ1) is 18.6. The van der Waals surface area contributed by atoms with Gasteiger partial charge in [0.25, 0.3) is 0 Å². The zero-order valence-corrected chi connectivity index (χ0v) is 14.6. The summed E-state index contributed by atoms with van der Waals surface area (Å²) in [6.45, 7) is 0.0804. The van der Waals surface area contributed by atoms with Crippen LogP contribution in [0.3, 0.4) is 0 Å². The molecule has 2 aromatic rings. The molecule has 0 spiro atoms. The van der Waals surface area contributed by atoms with Gasteiger partial charge in [0.15, 0.2) is 5.78 Å². The number of hydrogen-bond donors (Lipinski definition) is 0. The van der Waals surface area contributed by atoms with Crippen LogP contribution >= 0.6 is 7.60 Å². The zero-order valence-electron chi connectivity index (χ0n) is 13.8. The predicted octanol–water partition coefficient (Wildman–Crippen LogP) is 4.11. The van der Waals surface area contributed by atoms with Crippen LogP contribution in [0.4, 0.5) is 0 Å². The van der Waals surface area contributed by atoms with E-state index in [0.717, 1.165) is 5.56 Å². The lowest BCUT2D eigenvalue weighted by atomic mass is 10.00. The number of hydrogen-bond acceptors (Lipinski definition) is 5. The maximum atomic E-state index is 12.8. The van der Waals surface area contributed by atoms with Crippen LogP contribution in [0.2, 0.25) is 0 Å². The fraction of sp³-hybridized carbons (Fsp3) is 0.278. The van der Waals surface area contributed by atoms with E-state index in [2.05, 4.69) is 0 Å². The van der Waals surface area contributed by atoms with Crippen molar-refractivity contribution in [1.29, 1.82) is 0 Å². The Hall–Kier alpha value is -1.78. The molecule has 2 aromatic carbocycles. The molecule has 1 atom stereocenters. The second-order valence-corrected chi connectivity index (χ2v) is 7.49. The van der Waals surface area contributed by atoms with Crippen molar-refractivity contribution >= 4 is 13.4 Å². The van der Waals surface area contributed by atoms with Crippen molar-refractivity contribution in [2.45, 2.75) is 6.10 Å². The normalized spacial score (nSPS) is 12.8. The summed E-state index contributed by atoms with van der Waals surface area (Å²) in [5, 5.41) is 0. The lowest BCUT2D eigenvalue weighted by Crippen LogP contribution is -2.18. The Kier molecular flexibility index (Phi) is 6.88. The molecule has 2 rings (SSSR count). The molecule has 0 aliphatic heterocycles. The third-order valence-electron chi connectivity index (χ3n) is 3.60. The first-order valence-electron chi connectivity index (χ1n) is 7.56. The molecule has 0 saturated carbocycles. The Morgan fingerprint density at radius 3 is 2.04 bits per heavy atom. The number of Topliss-reactive ketones (excluding diaryl/α,β-unsaturated/α-hetero) is 1. The average Bonchev–Trinajstić information content (AvgIpc) is 2.66. The molecule has 0 N–H and O–H groups in total. The minimum atomic E-state index is -3.17. The van der Waals surface area contributed by atoms with Gasteiger partial charge in [0.05, 0.1) is 12.8 Å². The summed E-state index contributed by atoms with van der Waals surface area (Å²) in [6.07, 6.45) is -0.693. The van der Waals surface area contributed by atoms with Crippen LogP contribution in [-0.2, 0) is 18.3 Å². The number of ketones is 1. The zero-order chi connectivity index (χ0) is 17.4. The van der Waals surface area contributed by atoms with E-state index in [9.17, 15) is 9.36 Å². The van der Waals surface area contributed by atoms with Gasteiger partial charge in [-0.2, -0.15) is 0 Å². The van der Waals surface area contributed by atoms with E-state index in [1.807, 2.05) is 36.4 Å². The number of carbonyl (C=O) groups excluding carboxylic acids is 1. The predicted molar refractivity (Wildman–Crippen MR) is 92.4 cm³/mol. The summed E-state index contributed by atoms with van der Waals surface area (Å²) in [6, 6.07) is 18.2. The van der Waals surface area contributed by atoms with Gasteiger partial charge in [0.2, 0.25) is 0 Å². The lowest BCUT2D eigenvalue weighted by molar-refractivity contribution is 0.0446. The quantitative estimate of drug-likeness (QED) is 0.504. The van der Waals surface area contributed by atoms with E-state index in [1.54, 1.807) is 24.3 Å². The molecular weight excluding hydrogens is 327 g/mol. The Balaban J connectivity index is 2.16. The van der Waals surface area contributed by atoms with Gasteiger partial charge >= 0.3 is 7.60 Å². The molecule has 0 radical (unpaired) electrons. The van der Waals surface area contributed by atoms with Crippen LogP contribution in [0.5, 0.6) is 0 Å². The lowest BCUT2D eigenvalue weighted by Gasteiger charge is -2.19. The minimum absolute atomic E-state index is 0.0748. The molecule has 0 aliphatic rings. The molecule has 128 valence electrons. The summed E-state index contributed by atoms with van der Waals surface area (Å²) in [4.78, 5) is 12.8. The smallest absolute Gasteiger partial charge is 0.332 e. The Morgan fingerprint density at radius 2 is 1.50 bits per heavy atom. The van der Waals surface area contributed by atoms with Gasteiger partial charge in [-0.1, -0.05) is 60.7 Å². The summed E-state index contributed by atoms with van der Waals surface area (Å²) in [7, 11) is -0.512. The third kappa shape index (κ3) is 4.86. The van der Waals surface area contributed by atoms with Crippen LogP contribution in [0.15, 0.2) is 60.7 Å². The number of rotatable bonds is 9. The van der Waals surface area contributed by atoms with Gasteiger partial charge in [-0.05, 0) is 5.56 Å². The maximum absolute atomic E-state index is 12.8. The fourth-order valence-electron chi connectivity index (χ4n) is 2.24. The SMILES string of the molecule is COP(=O)(CCOC(C(=O)c1ccccc1)c1ccccc1)OC. The van der Waals surface area contributed by atoms with Gasteiger partial charge in [-0.15, -0.1) is 0 Å². The Morgan fingerprint density at radius 1 is 0.958 bits per heavy atom. The Bertz CT molecular complexity index is 679. The van der Waals surface area contributed by atoms with Gasteiger partial charge < -0.3 is 13.8 Å². The van der Waals surface area contributed by atoms with Crippen LogP contribution in [0, 0.1) is 0 Å². The van der Waals surface area contributed by atoms with E-state index in [4.69, 9.17) is 13.8 Å². The van der Waals surface area contributed by atoms with Gasteiger partial charge in [0.1, 0.15) is 6.10 Å². The molecule has 0 heterocycles. The summed E-state index contributed by atoms with van der Waals surface area (Å²) in [5.74, 6) is -0.147. The molecular formula is C18H21O5P. The second-order valence-electron chi connectivity index (χ2n) is 5.09. The second kappa shape index (κ2) is 8.90. The standard InChI is InChI=1S/C18H21O5P/c1-21-24(20,22-2)14-13-23-18(16-11-7-4-8-12-16)17(19)15-9-5-3-6-10-15/h3-12,18H,13-14H2,1-2H3. The minimum Gasteiger partial charge on any atom is -0.365 e. The van der Waals surface area contributed by atoms with Crippen LogP contribution < -0.4 is 0 Å². The van der Waals surface area contributed by atoms with Crippen molar-refractivity contribution in [2.75, 3.05) is 27.0 Å². The van der Waals surface area contributed by atoms with Crippen LogP contribution in [-0.4, -0.2) is 32.8 Å². The fourth-order valence-corrected chi connectivity index (χ4v) is 3.09. The number of ether oxygens (including phenoxy) is 1. The molecule has 0 saturated heterocycles. The van der Waals surface area contributed by atoms with Gasteiger partial charge in [-0.3, -0.25) is 9.36 Å². The van der Waals surface area contributed by atoms with Crippen molar-refractivity contribution in [1.82, 2.24) is 0 Å².